The van der Waals surface area contributed by atoms with Gasteiger partial charge in [-0.25, -0.2) is 0 Å². The van der Waals surface area contributed by atoms with E-state index in [1.54, 1.807) is 0 Å². The number of carbonyl (C=O) groups is 1. The van der Waals surface area contributed by atoms with Crippen LogP contribution in [0.4, 0.5) is 0 Å². The number of hydrogen-bond acceptors (Lipinski definition) is 4. The lowest BCUT2D eigenvalue weighted by Gasteiger charge is -2.38. The molecule has 2 aliphatic rings. The number of nitrogens with one attached hydrogen (secondary N) is 2. The molecule has 3 rings (SSSR count). The van der Waals surface area contributed by atoms with Gasteiger partial charge in [0.1, 0.15) is 5.75 Å². The summed E-state index contributed by atoms with van der Waals surface area (Å²) < 4.78 is 11.2. The van der Waals surface area contributed by atoms with E-state index in [-0.39, 0.29) is 11.3 Å². The van der Waals surface area contributed by atoms with Gasteiger partial charge in [0.05, 0.1) is 6.61 Å². The second-order valence-corrected chi connectivity index (χ2v) is 8.41. The average molecular weight is 389 g/mol. The summed E-state index contributed by atoms with van der Waals surface area (Å²) in [5.41, 5.74) is 1.22. The van der Waals surface area contributed by atoms with Gasteiger partial charge in [0.25, 0.3) is 0 Å². The van der Waals surface area contributed by atoms with Gasteiger partial charge in [-0.05, 0) is 75.2 Å². The maximum atomic E-state index is 12.7. The van der Waals surface area contributed by atoms with E-state index in [1.807, 2.05) is 19.1 Å². The Hall–Kier alpha value is -1.59. The van der Waals surface area contributed by atoms with Crippen molar-refractivity contribution >= 4 is 5.91 Å². The highest BCUT2D eigenvalue weighted by molar-refractivity contribution is 5.76. The minimum absolute atomic E-state index is 0.0473. The molecular weight excluding hydrogens is 352 g/mol. The molecule has 0 saturated carbocycles. The molecule has 0 bridgehead atoms. The van der Waals surface area contributed by atoms with Crippen molar-refractivity contribution in [2.45, 2.75) is 51.4 Å². The van der Waals surface area contributed by atoms with Gasteiger partial charge in [-0.2, -0.15) is 0 Å². The minimum Gasteiger partial charge on any atom is -0.494 e. The smallest absolute Gasteiger partial charge is 0.220 e. The third kappa shape index (κ3) is 5.48. The normalized spacial score (nSPS) is 23.0. The monoisotopic (exact) mass is 388 g/mol. The lowest BCUT2D eigenvalue weighted by Crippen LogP contribution is -2.45. The summed E-state index contributed by atoms with van der Waals surface area (Å²) in [6, 6.07) is 8.38. The van der Waals surface area contributed by atoms with Crippen LogP contribution in [-0.2, 0) is 14.9 Å². The average Bonchev–Trinajstić information content (AvgIpc) is 2.74. The summed E-state index contributed by atoms with van der Waals surface area (Å²) in [7, 11) is 0. The fourth-order valence-electron chi connectivity index (χ4n) is 4.56. The molecule has 2 N–H and O–H groups in total. The lowest BCUT2D eigenvalue weighted by atomic mass is 9.74. The van der Waals surface area contributed by atoms with Gasteiger partial charge in [0.15, 0.2) is 0 Å². The molecule has 28 heavy (non-hydrogen) atoms. The van der Waals surface area contributed by atoms with Crippen LogP contribution in [0.5, 0.6) is 5.75 Å². The number of rotatable bonds is 8. The Kier molecular flexibility index (Phi) is 7.74. The van der Waals surface area contributed by atoms with Gasteiger partial charge in [-0.15, -0.1) is 0 Å². The Morgan fingerprint density at radius 1 is 1.32 bits per heavy atom. The molecule has 2 saturated heterocycles. The van der Waals surface area contributed by atoms with Crippen molar-refractivity contribution < 1.29 is 14.3 Å². The topological polar surface area (TPSA) is 59.6 Å². The highest BCUT2D eigenvalue weighted by Gasteiger charge is 2.35. The van der Waals surface area contributed by atoms with Crippen molar-refractivity contribution in [2.24, 2.45) is 11.8 Å². The highest BCUT2D eigenvalue weighted by atomic mass is 16.5. The second kappa shape index (κ2) is 10.3. The summed E-state index contributed by atoms with van der Waals surface area (Å²) >= 11 is 0. The van der Waals surface area contributed by atoms with Crippen LogP contribution < -0.4 is 15.4 Å². The van der Waals surface area contributed by atoms with E-state index in [0.717, 1.165) is 44.9 Å². The van der Waals surface area contributed by atoms with Gasteiger partial charge in [0, 0.05) is 31.6 Å². The Balaban J connectivity index is 1.59. The van der Waals surface area contributed by atoms with Crippen LogP contribution >= 0.6 is 0 Å². The number of carbonyl (C=O) groups excluding carboxylic acids is 1. The molecule has 0 aromatic heterocycles. The minimum atomic E-state index is -0.0473. The molecule has 0 radical (unpaired) electrons. The molecule has 0 aliphatic carbocycles. The molecule has 2 fully saturated rings. The molecule has 1 aromatic carbocycles. The van der Waals surface area contributed by atoms with E-state index in [4.69, 9.17) is 9.47 Å². The summed E-state index contributed by atoms with van der Waals surface area (Å²) in [6.07, 6.45) is 4.93. The van der Waals surface area contributed by atoms with Crippen LogP contribution in [0.2, 0.25) is 0 Å². The largest absolute Gasteiger partial charge is 0.494 e. The number of hydrogen-bond donors (Lipinski definition) is 2. The van der Waals surface area contributed by atoms with Crippen molar-refractivity contribution in [3.8, 4) is 5.75 Å². The number of piperidine rings is 1. The zero-order valence-electron chi connectivity index (χ0n) is 17.5. The quantitative estimate of drug-likeness (QED) is 0.718. The van der Waals surface area contributed by atoms with Crippen molar-refractivity contribution in [3.05, 3.63) is 29.8 Å². The Morgan fingerprint density at radius 3 is 2.71 bits per heavy atom. The van der Waals surface area contributed by atoms with Crippen LogP contribution in [-0.4, -0.2) is 45.4 Å². The Morgan fingerprint density at radius 2 is 2.07 bits per heavy atom. The third-order valence-electron chi connectivity index (χ3n) is 6.50. The first-order chi connectivity index (χ1) is 13.6. The van der Waals surface area contributed by atoms with Crippen LogP contribution in [0.15, 0.2) is 24.3 Å². The molecule has 2 heterocycles. The first kappa shape index (κ1) is 21.1. The molecule has 2 atom stereocenters. The predicted molar refractivity (Wildman–Crippen MR) is 112 cm³/mol. The van der Waals surface area contributed by atoms with Crippen molar-refractivity contribution in [3.63, 3.8) is 0 Å². The fraction of sp³-hybridized carbons (Fsp3) is 0.696. The predicted octanol–water partition coefficient (Wildman–Crippen LogP) is 3.28. The first-order valence-corrected chi connectivity index (χ1v) is 10.9. The van der Waals surface area contributed by atoms with E-state index in [9.17, 15) is 4.79 Å². The van der Waals surface area contributed by atoms with E-state index in [0.29, 0.717) is 31.4 Å². The van der Waals surface area contributed by atoms with Crippen LogP contribution in [0.3, 0.4) is 0 Å². The van der Waals surface area contributed by atoms with E-state index in [2.05, 4.69) is 29.7 Å². The molecule has 5 heteroatoms. The third-order valence-corrected chi connectivity index (χ3v) is 6.50. The van der Waals surface area contributed by atoms with Crippen molar-refractivity contribution in [1.82, 2.24) is 10.6 Å². The maximum absolute atomic E-state index is 12.7. The molecule has 2 unspecified atom stereocenters. The number of amides is 1. The number of benzene rings is 1. The second-order valence-electron chi connectivity index (χ2n) is 8.41. The zero-order valence-corrected chi connectivity index (χ0v) is 17.5. The fourth-order valence-corrected chi connectivity index (χ4v) is 4.56. The molecular formula is C23H36N2O3. The van der Waals surface area contributed by atoms with Crippen LogP contribution in [0, 0.1) is 11.8 Å². The Bertz CT molecular complexity index is 605. The highest BCUT2D eigenvalue weighted by Crippen LogP contribution is 2.35. The van der Waals surface area contributed by atoms with Gasteiger partial charge in [-0.3, -0.25) is 4.79 Å². The molecule has 5 nitrogen and oxygen atoms in total. The molecule has 2 aliphatic heterocycles. The zero-order chi connectivity index (χ0) is 19.8. The standard InChI is InChI=1S/C23H36N2O3/c1-3-28-21-8-6-20(7-9-21)23(10-13-27-14-11-23)17-25-22(26)15-18(2)19-5-4-12-24-16-19/h6-9,18-19,24H,3-5,10-17H2,1-2H3,(H,25,26). The van der Waals surface area contributed by atoms with Crippen molar-refractivity contribution in [1.29, 1.82) is 0 Å². The number of ether oxygens (including phenoxy) is 2. The molecule has 1 amide bonds. The lowest BCUT2D eigenvalue weighted by molar-refractivity contribution is -0.122. The van der Waals surface area contributed by atoms with Crippen molar-refractivity contribution in [2.75, 3.05) is 39.5 Å². The summed E-state index contributed by atoms with van der Waals surface area (Å²) in [5.74, 6) is 2.11. The van der Waals surface area contributed by atoms with Crippen LogP contribution in [0.25, 0.3) is 0 Å². The maximum Gasteiger partial charge on any atom is 0.220 e. The van der Waals surface area contributed by atoms with Gasteiger partial charge in [-0.1, -0.05) is 19.1 Å². The van der Waals surface area contributed by atoms with Gasteiger partial charge in [0.2, 0.25) is 5.91 Å². The van der Waals surface area contributed by atoms with E-state index in [1.165, 1.54) is 18.4 Å². The molecule has 156 valence electrons. The van der Waals surface area contributed by atoms with Crippen LogP contribution in [0.1, 0.15) is 51.5 Å². The first-order valence-electron chi connectivity index (χ1n) is 10.9. The van der Waals surface area contributed by atoms with E-state index < -0.39 is 0 Å². The van der Waals surface area contributed by atoms with E-state index >= 15 is 0 Å². The molecule has 0 spiro atoms. The summed E-state index contributed by atoms with van der Waals surface area (Å²) in [5, 5.41) is 6.71. The summed E-state index contributed by atoms with van der Waals surface area (Å²) in [6.45, 7) is 9.20. The van der Waals surface area contributed by atoms with Gasteiger partial charge >= 0.3 is 0 Å². The SMILES string of the molecule is CCOc1ccc(C2(CNC(=O)CC(C)C3CCCNC3)CCOCC2)cc1. The molecule has 1 aromatic rings. The Labute approximate surface area is 169 Å². The summed E-state index contributed by atoms with van der Waals surface area (Å²) in [4.78, 5) is 12.7. The van der Waals surface area contributed by atoms with Gasteiger partial charge < -0.3 is 20.1 Å².